The van der Waals surface area contributed by atoms with Crippen LogP contribution in [0.25, 0.3) is 10.8 Å². The largest absolute Gasteiger partial charge is 0.397 e. The van der Waals surface area contributed by atoms with Crippen molar-refractivity contribution in [3.8, 4) is 0 Å². The zero-order valence-electron chi connectivity index (χ0n) is 11.0. The van der Waals surface area contributed by atoms with E-state index in [1.165, 1.54) is 5.56 Å². The number of nitrogens with zero attached hydrogens (tertiary/aromatic N) is 1. The molecule has 3 N–H and O–H groups in total. The zero-order chi connectivity index (χ0) is 14.1. The highest BCUT2D eigenvalue weighted by Gasteiger charge is 2.06. The third kappa shape index (κ3) is 2.34. The molecule has 2 aromatic carbocycles. The number of fused-ring (bicyclic) bond motifs is 1. The first-order chi connectivity index (χ1) is 9.65. The summed E-state index contributed by atoms with van der Waals surface area (Å²) >= 11 is 3.55. The number of nitrogens with two attached hydrogens (primary N) is 1. The number of aryl methyl sites for hydroxylation is 1. The smallest absolute Gasteiger partial charge is 0.0634 e. The quantitative estimate of drug-likeness (QED) is 0.674. The molecule has 4 heteroatoms. The van der Waals surface area contributed by atoms with Crippen LogP contribution in [0, 0.1) is 6.92 Å². The Morgan fingerprint density at radius 1 is 1.10 bits per heavy atom. The minimum atomic E-state index is 0.735. The number of hydrogen-bond donors (Lipinski definition) is 2. The third-order valence-electron chi connectivity index (χ3n) is 3.25. The van der Waals surface area contributed by atoms with E-state index in [4.69, 9.17) is 5.73 Å². The summed E-state index contributed by atoms with van der Waals surface area (Å²) in [5.74, 6) is 0. The molecule has 0 unspecified atom stereocenters. The number of benzene rings is 2. The topological polar surface area (TPSA) is 50.9 Å². The molecule has 0 spiro atoms. The van der Waals surface area contributed by atoms with Crippen molar-refractivity contribution in [1.29, 1.82) is 0 Å². The van der Waals surface area contributed by atoms with Gasteiger partial charge in [0.15, 0.2) is 0 Å². The minimum absolute atomic E-state index is 0.735. The van der Waals surface area contributed by atoms with E-state index in [0.717, 1.165) is 32.3 Å². The number of anilines is 3. The molecule has 0 aliphatic heterocycles. The summed E-state index contributed by atoms with van der Waals surface area (Å²) in [6.07, 6.45) is 3.57. The summed E-state index contributed by atoms with van der Waals surface area (Å²) in [6.45, 7) is 2.06. The van der Waals surface area contributed by atoms with Gasteiger partial charge < -0.3 is 11.1 Å². The van der Waals surface area contributed by atoms with Crippen molar-refractivity contribution in [2.45, 2.75) is 6.92 Å². The van der Waals surface area contributed by atoms with Gasteiger partial charge in [-0.2, -0.15) is 0 Å². The average molecular weight is 328 g/mol. The molecule has 100 valence electrons. The van der Waals surface area contributed by atoms with Gasteiger partial charge in [0.1, 0.15) is 0 Å². The zero-order valence-corrected chi connectivity index (χ0v) is 12.6. The molecule has 0 saturated carbocycles. The van der Waals surface area contributed by atoms with Crippen LogP contribution in [0.1, 0.15) is 5.56 Å². The van der Waals surface area contributed by atoms with E-state index in [9.17, 15) is 0 Å². The van der Waals surface area contributed by atoms with Gasteiger partial charge in [0, 0.05) is 27.6 Å². The molecule has 0 fully saturated rings. The van der Waals surface area contributed by atoms with Crippen LogP contribution >= 0.6 is 15.9 Å². The van der Waals surface area contributed by atoms with Gasteiger partial charge in [0.2, 0.25) is 0 Å². The first-order valence-electron chi connectivity index (χ1n) is 6.30. The average Bonchev–Trinajstić information content (AvgIpc) is 2.46. The molecule has 3 nitrogen and oxygen atoms in total. The molecule has 0 aliphatic rings. The third-order valence-corrected chi connectivity index (χ3v) is 3.94. The van der Waals surface area contributed by atoms with Crippen molar-refractivity contribution >= 4 is 43.8 Å². The van der Waals surface area contributed by atoms with E-state index in [1.54, 1.807) is 6.20 Å². The molecule has 0 aliphatic carbocycles. The van der Waals surface area contributed by atoms with Crippen molar-refractivity contribution in [2.75, 3.05) is 11.1 Å². The van der Waals surface area contributed by atoms with Crippen LogP contribution in [0.5, 0.6) is 0 Å². The Bertz CT molecular complexity index is 784. The van der Waals surface area contributed by atoms with E-state index >= 15 is 0 Å². The number of aromatic nitrogens is 1. The molecule has 0 radical (unpaired) electrons. The van der Waals surface area contributed by atoms with Crippen molar-refractivity contribution in [1.82, 2.24) is 4.98 Å². The molecule has 0 atom stereocenters. The lowest BCUT2D eigenvalue weighted by molar-refractivity contribution is 1.36. The first kappa shape index (κ1) is 12.9. The Balaban J connectivity index is 2.07. The Labute approximate surface area is 126 Å². The first-order valence-corrected chi connectivity index (χ1v) is 7.10. The number of halogens is 1. The standard InChI is InChI=1S/C16H14BrN3/c1-10-2-4-13(17)15(8-10)20-14-5-3-11-9-19-7-6-12(11)16(14)18/h2-9,20H,18H2,1H3. The van der Waals surface area contributed by atoms with Crippen LogP contribution in [0.15, 0.2) is 53.3 Å². The maximum atomic E-state index is 6.25. The number of hydrogen-bond acceptors (Lipinski definition) is 3. The highest BCUT2D eigenvalue weighted by Crippen LogP contribution is 2.33. The van der Waals surface area contributed by atoms with E-state index in [-0.39, 0.29) is 0 Å². The molecule has 1 heterocycles. The van der Waals surface area contributed by atoms with Crippen LogP contribution in [-0.4, -0.2) is 4.98 Å². The Morgan fingerprint density at radius 3 is 2.80 bits per heavy atom. The van der Waals surface area contributed by atoms with Gasteiger partial charge in [0.05, 0.1) is 17.1 Å². The van der Waals surface area contributed by atoms with Crippen molar-refractivity contribution in [3.05, 3.63) is 58.8 Å². The summed E-state index contributed by atoms with van der Waals surface area (Å²) in [4.78, 5) is 4.11. The van der Waals surface area contributed by atoms with Gasteiger partial charge in [-0.1, -0.05) is 12.1 Å². The van der Waals surface area contributed by atoms with Gasteiger partial charge in [-0.25, -0.2) is 0 Å². The van der Waals surface area contributed by atoms with Crippen molar-refractivity contribution < 1.29 is 0 Å². The van der Waals surface area contributed by atoms with E-state index < -0.39 is 0 Å². The fraction of sp³-hybridized carbons (Fsp3) is 0.0625. The fourth-order valence-corrected chi connectivity index (χ4v) is 2.53. The monoisotopic (exact) mass is 327 g/mol. The number of rotatable bonds is 2. The SMILES string of the molecule is Cc1ccc(Br)c(Nc2ccc3cnccc3c2N)c1. The number of nitrogens with one attached hydrogen (secondary N) is 1. The highest BCUT2D eigenvalue weighted by atomic mass is 79.9. The predicted molar refractivity (Wildman–Crippen MR) is 88.3 cm³/mol. The second-order valence-electron chi connectivity index (χ2n) is 4.73. The van der Waals surface area contributed by atoms with Crippen LogP contribution in [0.3, 0.4) is 0 Å². The van der Waals surface area contributed by atoms with E-state index in [2.05, 4.69) is 45.3 Å². The second-order valence-corrected chi connectivity index (χ2v) is 5.59. The van der Waals surface area contributed by atoms with Crippen LogP contribution in [-0.2, 0) is 0 Å². The predicted octanol–water partition coefficient (Wildman–Crippen LogP) is 4.63. The summed E-state index contributed by atoms with van der Waals surface area (Å²) in [5.41, 5.74) is 10.1. The molecule has 20 heavy (non-hydrogen) atoms. The van der Waals surface area contributed by atoms with Gasteiger partial charge in [-0.3, -0.25) is 4.98 Å². The molecule has 0 saturated heterocycles. The number of pyridine rings is 1. The molecule has 3 rings (SSSR count). The molecule has 0 amide bonds. The second kappa shape index (κ2) is 5.13. The van der Waals surface area contributed by atoms with E-state index in [1.807, 2.05) is 30.5 Å². The Hall–Kier alpha value is -2.07. The molecule has 3 aromatic rings. The normalized spacial score (nSPS) is 10.7. The summed E-state index contributed by atoms with van der Waals surface area (Å²) < 4.78 is 1.01. The molecule has 0 bridgehead atoms. The van der Waals surface area contributed by atoms with E-state index in [0.29, 0.717) is 0 Å². The Morgan fingerprint density at radius 2 is 1.95 bits per heavy atom. The lowest BCUT2D eigenvalue weighted by Crippen LogP contribution is -1.98. The minimum Gasteiger partial charge on any atom is -0.397 e. The lowest BCUT2D eigenvalue weighted by Gasteiger charge is -2.13. The molecular formula is C16H14BrN3. The summed E-state index contributed by atoms with van der Waals surface area (Å²) in [6, 6.07) is 12.1. The molecular weight excluding hydrogens is 314 g/mol. The van der Waals surface area contributed by atoms with Crippen molar-refractivity contribution in [2.24, 2.45) is 0 Å². The van der Waals surface area contributed by atoms with Crippen molar-refractivity contribution in [3.63, 3.8) is 0 Å². The van der Waals surface area contributed by atoms with Gasteiger partial charge >= 0.3 is 0 Å². The van der Waals surface area contributed by atoms with Crippen LogP contribution < -0.4 is 11.1 Å². The highest BCUT2D eigenvalue weighted by molar-refractivity contribution is 9.10. The van der Waals surface area contributed by atoms with Crippen LogP contribution in [0.4, 0.5) is 17.1 Å². The molecule has 1 aromatic heterocycles. The van der Waals surface area contributed by atoms with Gasteiger partial charge in [-0.15, -0.1) is 0 Å². The lowest BCUT2D eigenvalue weighted by atomic mass is 10.1. The maximum Gasteiger partial charge on any atom is 0.0634 e. The summed E-state index contributed by atoms with van der Waals surface area (Å²) in [5, 5.41) is 5.43. The Kier molecular flexibility index (Phi) is 3.32. The fourth-order valence-electron chi connectivity index (χ4n) is 2.18. The van der Waals surface area contributed by atoms with Gasteiger partial charge in [-0.05, 0) is 52.7 Å². The van der Waals surface area contributed by atoms with Gasteiger partial charge in [0.25, 0.3) is 0 Å². The number of nitrogen functional groups attached to an aromatic ring is 1. The summed E-state index contributed by atoms with van der Waals surface area (Å²) in [7, 11) is 0. The maximum absolute atomic E-state index is 6.25. The van der Waals surface area contributed by atoms with Crippen LogP contribution in [0.2, 0.25) is 0 Å².